The van der Waals surface area contributed by atoms with Gasteiger partial charge in [-0.05, 0) is 30.2 Å². The first-order valence-electron chi connectivity index (χ1n) is 6.46. The summed E-state index contributed by atoms with van der Waals surface area (Å²) in [5, 5.41) is 3.50. The summed E-state index contributed by atoms with van der Waals surface area (Å²) in [5.74, 6) is 0. The standard InChI is InChI=1S/C16H16BrNO/c1-11-15(12-5-3-2-4-6-12)19-16(18-11)13-7-9-14(17)10-8-13/h2-11,15-16,18H,1H3/t11-,15-,16+/m0/s1. The van der Waals surface area contributed by atoms with Crippen LogP contribution in [0.25, 0.3) is 0 Å². The molecule has 2 aromatic rings. The number of rotatable bonds is 2. The number of ether oxygens (including phenoxy) is 1. The van der Waals surface area contributed by atoms with E-state index in [4.69, 9.17) is 4.74 Å². The van der Waals surface area contributed by atoms with Crippen molar-refractivity contribution in [1.29, 1.82) is 0 Å². The molecule has 0 amide bonds. The van der Waals surface area contributed by atoms with Gasteiger partial charge in [-0.1, -0.05) is 58.4 Å². The molecule has 0 unspecified atom stereocenters. The van der Waals surface area contributed by atoms with E-state index in [1.54, 1.807) is 0 Å². The van der Waals surface area contributed by atoms with Crippen molar-refractivity contribution in [1.82, 2.24) is 5.32 Å². The Hall–Kier alpha value is -1.16. The van der Waals surface area contributed by atoms with Crippen molar-refractivity contribution in [3.05, 3.63) is 70.2 Å². The Kier molecular flexibility index (Phi) is 3.69. The third-order valence-corrected chi connectivity index (χ3v) is 3.98. The minimum absolute atomic E-state index is 0.0340. The fourth-order valence-corrected chi connectivity index (χ4v) is 2.72. The smallest absolute Gasteiger partial charge is 0.135 e. The first-order chi connectivity index (χ1) is 9.24. The lowest BCUT2D eigenvalue weighted by molar-refractivity contribution is 0.0363. The molecule has 1 aliphatic heterocycles. The van der Waals surface area contributed by atoms with Gasteiger partial charge in [0.05, 0.1) is 0 Å². The van der Waals surface area contributed by atoms with Crippen LogP contribution in [-0.2, 0) is 4.74 Å². The summed E-state index contributed by atoms with van der Waals surface area (Å²) in [6, 6.07) is 18.9. The zero-order valence-corrected chi connectivity index (χ0v) is 12.3. The monoisotopic (exact) mass is 317 g/mol. The van der Waals surface area contributed by atoms with Crippen molar-refractivity contribution in [3.8, 4) is 0 Å². The van der Waals surface area contributed by atoms with Crippen LogP contribution in [-0.4, -0.2) is 6.04 Å². The fraction of sp³-hybridized carbons (Fsp3) is 0.250. The van der Waals surface area contributed by atoms with Crippen molar-refractivity contribution in [2.24, 2.45) is 0 Å². The third-order valence-electron chi connectivity index (χ3n) is 3.45. The molecule has 0 aromatic heterocycles. The second-order valence-corrected chi connectivity index (χ2v) is 5.77. The van der Waals surface area contributed by atoms with Crippen molar-refractivity contribution >= 4 is 15.9 Å². The maximum absolute atomic E-state index is 6.16. The zero-order valence-electron chi connectivity index (χ0n) is 10.7. The van der Waals surface area contributed by atoms with E-state index in [0.29, 0.717) is 6.04 Å². The van der Waals surface area contributed by atoms with E-state index >= 15 is 0 Å². The zero-order chi connectivity index (χ0) is 13.2. The molecule has 19 heavy (non-hydrogen) atoms. The van der Waals surface area contributed by atoms with Crippen LogP contribution >= 0.6 is 15.9 Å². The van der Waals surface area contributed by atoms with E-state index in [-0.39, 0.29) is 12.3 Å². The molecule has 1 N–H and O–H groups in total. The Morgan fingerprint density at radius 2 is 1.63 bits per heavy atom. The number of halogens is 1. The quantitative estimate of drug-likeness (QED) is 0.896. The molecule has 2 nitrogen and oxygen atoms in total. The molecule has 1 saturated heterocycles. The number of hydrogen-bond acceptors (Lipinski definition) is 2. The number of nitrogens with one attached hydrogen (secondary N) is 1. The second kappa shape index (κ2) is 5.45. The average molecular weight is 318 g/mol. The third kappa shape index (κ3) is 2.73. The average Bonchev–Trinajstić information content (AvgIpc) is 2.83. The van der Waals surface area contributed by atoms with Gasteiger partial charge in [0, 0.05) is 10.5 Å². The molecule has 98 valence electrons. The summed E-state index contributed by atoms with van der Waals surface area (Å²) in [7, 11) is 0. The van der Waals surface area contributed by atoms with Crippen molar-refractivity contribution in [3.63, 3.8) is 0 Å². The lowest BCUT2D eigenvalue weighted by Gasteiger charge is -2.14. The molecule has 0 spiro atoms. The highest BCUT2D eigenvalue weighted by Crippen LogP contribution is 2.34. The molecule has 1 fully saturated rings. The van der Waals surface area contributed by atoms with Gasteiger partial charge >= 0.3 is 0 Å². The van der Waals surface area contributed by atoms with Gasteiger partial charge < -0.3 is 4.74 Å². The van der Waals surface area contributed by atoms with Gasteiger partial charge in [-0.3, -0.25) is 5.32 Å². The Balaban J connectivity index is 1.80. The summed E-state index contributed by atoms with van der Waals surface area (Å²) in [6.07, 6.45) is 0.0724. The van der Waals surface area contributed by atoms with Crippen molar-refractivity contribution < 1.29 is 4.74 Å². The fourth-order valence-electron chi connectivity index (χ4n) is 2.45. The van der Waals surface area contributed by atoms with Crippen LogP contribution in [0.15, 0.2) is 59.1 Å². The minimum atomic E-state index is -0.0340. The molecule has 1 aliphatic rings. The Bertz CT molecular complexity index is 540. The van der Waals surface area contributed by atoms with Crippen LogP contribution in [0.1, 0.15) is 30.4 Å². The molecule has 1 heterocycles. The Morgan fingerprint density at radius 1 is 0.947 bits per heavy atom. The van der Waals surface area contributed by atoms with Crippen molar-refractivity contribution in [2.75, 3.05) is 0 Å². The van der Waals surface area contributed by atoms with Gasteiger partial charge in [-0.15, -0.1) is 0 Å². The molecule has 2 aromatic carbocycles. The van der Waals surface area contributed by atoms with Crippen LogP contribution in [0, 0.1) is 0 Å². The molecule has 3 atom stereocenters. The summed E-state index contributed by atoms with van der Waals surface area (Å²) < 4.78 is 7.24. The highest BCUT2D eigenvalue weighted by Gasteiger charge is 2.33. The number of hydrogen-bond donors (Lipinski definition) is 1. The number of benzene rings is 2. The molecular formula is C16H16BrNO. The van der Waals surface area contributed by atoms with Gasteiger partial charge in [0.25, 0.3) is 0 Å². The first kappa shape index (κ1) is 12.9. The van der Waals surface area contributed by atoms with Crippen LogP contribution in [0.5, 0.6) is 0 Å². The van der Waals surface area contributed by atoms with E-state index in [9.17, 15) is 0 Å². The largest absolute Gasteiger partial charge is 0.350 e. The van der Waals surface area contributed by atoms with Crippen LogP contribution in [0.4, 0.5) is 0 Å². The van der Waals surface area contributed by atoms with Gasteiger partial charge in [-0.2, -0.15) is 0 Å². The molecule has 3 heteroatoms. The van der Waals surface area contributed by atoms with Crippen molar-refractivity contribution in [2.45, 2.75) is 25.3 Å². The Morgan fingerprint density at radius 3 is 2.32 bits per heavy atom. The highest BCUT2D eigenvalue weighted by molar-refractivity contribution is 9.10. The summed E-state index contributed by atoms with van der Waals surface area (Å²) in [4.78, 5) is 0. The van der Waals surface area contributed by atoms with E-state index in [1.165, 1.54) is 5.56 Å². The molecule has 0 aliphatic carbocycles. The molecular weight excluding hydrogens is 302 g/mol. The summed E-state index contributed by atoms with van der Waals surface area (Å²) in [5.41, 5.74) is 2.38. The SMILES string of the molecule is C[C@@H]1N[C@@H](c2ccc(Br)cc2)O[C@@H]1c1ccccc1. The lowest BCUT2D eigenvalue weighted by Crippen LogP contribution is -2.23. The predicted octanol–water partition coefficient (Wildman–Crippen LogP) is 4.20. The molecule has 0 bridgehead atoms. The van der Waals surface area contributed by atoms with E-state index < -0.39 is 0 Å². The van der Waals surface area contributed by atoms with Gasteiger partial charge in [0.15, 0.2) is 0 Å². The van der Waals surface area contributed by atoms with E-state index in [1.807, 2.05) is 18.2 Å². The molecule has 0 saturated carbocycles. The Labute approximate surface area is 121 Å². The predicted molar refractivity (Wildman–Crippen MR) is 79.7 cm³/mol. The normalized spacial score (nSPS) is 26.5. The summed E-state index contributed by atoms with van der Waals surface area (Å²) in [6.45, 7) is 2.16. The summed E-state index contributed by atoms with van der Waals surface area (Å²) >= 11 is 3.45. The highest BCUT2D eigenvalue weighted by atomic mass is 79.9. The second-order valence-electron chi connectivity index (χ2n) is 4.85. The first-order valence-corrected chi connectivity index (χ1v) is 7.25. The maximum Gasteiger partial charge on any atom is 0.135 e. The van der Waals surface area contributed by atoms with E-state index in [0.717, 1.165) is 10.0 Å². The maximum atomic E-state index is 6.16. The minimum Gasteiger partial charge on any atom is -0.350 e. The van der Waals surface area contributed by atoms with Crippen LogP contribution < -0.4 is 5.32 Å². The lowest BCUT2D eigenvalue weighted by atomic mass is 10.0. The van der Waals surface area contributed by atoms with Gasteiger partial charge in [0.1, 0.15) is 12.3 Å². The van der Waals surface area contributed by atoms with Gasteiger partial charge in [-0.25, -0.2) is 0 Å². The molecule has 0 radical (unpaired) electrons. The van der Waals surface area contributed by atoms with Crippen LogP contribution in [0.3, 0.4) is 0 Å². The topological polar surface area (TPSA) is 21.3 Å². The van der Waals surface area contributed by atoms with E-state index in [2.05, 4.69) is 64.6 Å². The molecule has 3 rings (SSSR count). The van der Waals surface area contributed by atoms with Gasteiger partial charge in [0.2, 0.25) is 0 Å². The van der Waals surface area contributed by atoms with Crippen LogP contribution in [0.2, 0.25) is 0 Å².